The Balaban J connectivity index is 1.90. The summed E-state index contributed by atoms with van der Waals surface area (Å²) >= 11 is 0. The van der Waals surface area contributed by atoms with Crippen LogP contribution in [-0.2, 0) is 4.79 Å². The molecule has 1 aromatic heterocycles. The van der Waals surface area contributed by atoms with Gasteiger partial charge in [-0.1, -0.05) is 19.1 Å². The number of anilines is 1. The van der Waals surface area contributed by atoms with Crippen molar-refractivity contribution in [2.75, 3.05) is 12.4 Å². The first-order chi connectivity index (χ1) is 13.9. The predicted octanol–water partition coefficient (Wildman–Crippen LogP) is 4.13. The van der Waals surface area contributed by atoms with Crippen LogP contribution in [0.1, 0.15) is 30.5 Å². The Kier molecular flexibility index (Phi) is 6.12. The first kappa shape index (κ1) is 20.3. The molecule has 0 spiro atoms. The third kappa shape index (κ3) is 4.54. The van der Waals surface area contributed by atoms with Crippen LogP contribution >= 0.6 is 0 Å². The quantitative estimate of drug-likeness (QED) is 0.686. The minimum absolute atomic E-state index is 0.287. The highest BCUT2D eigenvalue weighted by Crippen LogP contribution is 2.21. The fourth-order valence-electron chi connectivity index (χ4n) is 3.07. The van der Waals surface area contributed by atoms with Crippen molar-refractivity contribution in [1.29, 1.82) is 0 Å². The minimum Gasteiger partial charge on any atom is -0.497 e. The van der Waals surface area contributed by atoms with Gasteiger partial charge in [0.25, 0.3) is 5.56 Å². The van der Waals surface area contributed by atoms with E-state index in [0.29, 0.717) is 23.6 Å². The van der Waals surface area contributed by atoms with Crippen LogP contribution in [0.3, 0.4) is 0 Å². The van der Waals surface area contributed by atoms with Crippen LogP contribution in [0, 0.1) is 13.8 Å². The molecule has 150 valence electrons. The van der Waals surface area contributed by atoms with Crippen LogP contribution < -0.4 is 15.6 Å². The van der Waals surface area contributed by atoms with Gasteiger partial charge in [0.2, 0.25) is 5.91 Å². The van der Waals surface area contributed by atoms with Crippen LogP contribution in [0.5, 0.6) is 5.75 Å². The Labute approximate surface area is 170 Å². The van der Waals surface area contributed by atoms with Gasteiger partial charge < -0.3 is 10.1 Å². The second-order valence-corrected chi connectivity index (χ2v) is 6.94. The van der Waals surface area contributed by atoms with Crippen LogP contribution in [0.4, 0.5) is 5.69 Å². The summed E-state index contributed by atoms with van der Waals surface area (Å²) in [5.41, 5.74) is 4.22. The Bertz CT molecular complexity index is 1070. The highest BCUT2D eigenvalue weighted by molar-refractivity contribution is 5.93. The average molecular weight is 391 g/mol. The second kappa shape index (κ2) is 8.73. The van der Waals surface area contributed by atoms with Crippen molar-refractivity contribution in [2.24, 2.45) is 0 Å². The zero-order chi connectivity index (χ0) is 21.0. The van der Waals surface area contributed by atoms with Gasteiger partial charge in [-0.3, -0.25) is 9.59 Å². The van der Waals surface area contributed by atoms with Crippen molar-refractivity contribution in [2.45, 2.75) is 33.2 Å². The molecule has 1 heterocycles. The number of hydrogen-bond acceptors (Lipinski definition) is 4. The van der Waals surface area contributed by atoms with E-state index < -0.39 is 6.04 Å². The van der Waals surface area contributed by atoms with Gasteiger partial charge in [0, 0.05) is 17.3 Å². The van der Waals surface area contributed by atoms with Gasteiger partial charge in [-0.2, -0.15) is 5.10 Å². The van der Waals surface area contributed by atoms with Crippen LogP contribution in [0.25, 0.3) is 11.3 Å². The van der Waals surface area contributed by atoms with E-state index in [1.165, 1.54) is 16.3 Å². The SMILES string of the molecule is CC[C@H](C(=O)Nc1ccc(OC)cc1)n1nc(-c2ccc(C)c(C)c2)ccc1=O. The Morgan fingerprint density at radius 3 is 2.41 bits per heavy atom. The topological polar surface area (TPSA) is 73.2 Å². The molecule has 0 fully saturated rings. The fourth-order valence-corrected chi connectivity index (χ4v) is 3.07. The predicted molar refractivity (Wildman–Crippen MR) is 114 cm³/mol. The maximum atomic E-state index is 12.9. The second-order valence-electron chi connectivity index (χ2n) is 6.94. The van der Waals surface area contributed by atoms with E-state index in [0.717, 1.165) is 11.1 Å². The van der Waals surface area contributed by atoms with Gasteiger partial charge in [-0.15, -0.1) is 0 Å². The minimum atomic E-state index is -0.712. The zero-order valence-electron chi connectivity index (χ0n) is 17.1. The number of benzene rings is 2. The lowest BCUT2D eigenvalue weighted by Crippen LogP contribution is -2.34. The first-order valence-electron chi connectivity index (χ1n) is 9.55. The zero-order valence-corrected chi connectivity index (χ0v) is 17.1. The van der Waals surface area contributed by atoms with Crippen molar-refractivity contribution in [3.05, 3.63) is 76.1 Å². The number of carbonyl (C=O) groups is 1. The van der Waals surface area contributed by atoms with E-state index in [4.69, 9.17) is 4.74 Å². The summed E-state index contributed by atoms with van der Waals surface area (Å²) < 4.78 is 6.40. The molecule has 0 bridgehead atoms. The van der Waals surface area contributed by atoms with E-state index >= 15 is 0 Å². The number of aromatic nitrogens is 2. The summed E-state index contributed by atoms with van der Waals surface area (Å²) in [4.78, 5) is 25.3. The van der Waals surface area contributed by atoms with Gasteiger partial charge in [0.1, 0.15) is 11.8 Å². The van der Waals surface area contributed by atoms with Crippen molar-refractivity contribution in [1.82, 2.24) is 9.78 Å². The summed E-state index contributed by atoms with van der Waals surface area (Å²) in [5, 5.41) is 7.35. The normalized spacial score (nSPS) is 11.7. The van der Waals surface area contributed by atoms with E-state index in [1.54, 1.807) is 37.4 Å². The molecule has 0 aliphatic rings. The van der Waals surface area contributed by atoms with Crippen LogP contribution in [-0.4, -0.2) is 22.8 Å². The third-order valence-electron chi connectivity index (χ3n) is 4.97. The molecule has 1 amide bonds. The maximum Gasteiger partial charge on any atom is 0.267 e. The molecule has 0 saturated carbocycles. The molecule has 0 aliphatic carbocycles. The molecule has 1 N–H and O–H groups in total. The van der Waals surface area contributed by atoms with Crippen LogP contribution in [0.15, 0.2) is 59.4 Å². The molecule has 3 aromatic rings. The summed E-state index contributed by atoms with van der Waals surface area (Å²) in [6.45, 7) is 5.94. The Hall–Kier alpha value is -3.41. The number of methoxy groups -OCH3 is 1. The van der Waals surface area contributed by atoms with Crippen molar-refractivity contribution < 1.29 is 9.53 Å². The molecule has 0 saturated heterocycles. The summed E-state index contributed by atoms with van der Waals surface area (Å²) in [6, 6.07) is 15.5. The molecule has 6 heteroatoms. The monoisotopic (exact) mass is 391 g/mol. The lowest BCUT2D eigenvalue weighted by molar-refractivity contribution is -0.119. The molecular weight excluding hydrogens is 366 g/mol. The largest absolute Gasteiger partial charge is 0.497 e. The molecule has 0 unspecified atom stereocenters. The summed E-state index contributed by atoms with van der Waals surface area (Å²) in [6.07, 6.45) is 0.436. The first-order valence-corrected chi connectivity index (χ1v) is 9.55. The van der Waals surface area contributed by atoms with E-state index in [-0.39, 0.29) is 11.5 Å². The molecule has 29 heavy (non-hydrogen) atoms. The summed E-state index contributed by atoms with van der Waals surface area (Å²) in [7, 11) is 1.58. The Morgan fingerprint density at radius 2 is 1.79 bits per heavy atom. The van der Waals surface area contributed by atoms with Crippen LogP contribution in [0.2, 0.25) is 0 Å². The van der Waals surface area contributed by atoms with Crippen molar-refractivity contribution >= 4 is 11.6 Å². The lowest BCUT2D eigenvalue weighted by atomic mass is 10.0. The fraction of sp³-hybridized carbons (Fsp3) is 0.261. The highest BCUT2D eigenvalue weighted by atomic mass is 16.5. The number of hydrogen-bond donors (Lipinski definition) is 1. The molecule has 2 aromatic carbocycles. The average Bonchev–Trinajstić information content (AvgIpc) is 2.72. The number of ether oxygens (including phenoxy) is 1. The summed E-state index contributed by atoms with van der Waals surface area (Å²) in [5.74, 6) is 0.415. The molecule has 0 radical (unpaired) electrons. The maximum absolute atomic E-state index is 12.9. The van der Waals surface area contributed by atoms with Gasteiger partial charge in [0.05, 0.1) is 12.8 Å². The number of carbonyl (C=O) groups excluding carboxylic acids is 1. The highest BCUT2D eigenvalue weighted by Gasteiger charge is 2.21. The lowest BCUT2D eigenvalue weighted by Gasteiger charge is -2.18. The van der Waals surface area contributed by atoms with Gasteiger partial charge in [-0.05, 0) is 67.8 Å². The number of rotatable bonds is 6. The number of nitrogens with one attached hydrogen (secondary N) is 1. The van der Waals surface area contributed by atoms with E-state index in [1.807, 2.05) is 39.0 Å². The molecule has 3 rings (SSSR count). The number of aryl methyl sites for hydroxylation is 2. The third-order valence-corrected chi connectivity index (χ3v) is 4.97. The molecule has 6 nitrogen and oxygen atoms in total. The van der Waals surface area contributed by atoms with Gasteiger partial charge in [0.15, 0.2) is 0 Å². The number of nitrogens with zero attached hydrogens (tertiary/aromatic N) is 2. The van der Waals surface area contributed by atoms with Crippen molar-refractivity contribution in [3.63, 3.8) is 0 Å². The molecular formula is C23H25N3O3. The van der Waals surface area contributed by atoms with Gasteiger partial charge in [-0.25, -0.2) is 4.68 Å². The Morgan fingerprint density at radius 1 is 1.07 bits per heavy atom. The van der Waals surface area contributed by atoms with E-state index in [9.17, 15) is 9.59 Å². The number of amides is 1. The van der Waals surface area contributed by atoms with E-state index in [2.05, 4.69) is 10.4 Å². The smallest absolute Gasteiger partial charge is 0.267 e. The van der Waals surface area contributed by atoms with Crippen molar-refractivity contribution in [3.8, 4) is 17.0 Å². The van der Waals surface area contributed by atoms with Gasteiger partial charge >= 0.3 is 0 Å². The molecule has 1 atom stereocenters. The standard InChI is InChI=1S/C23H25N3O3/c1-5-21(23(28)24-18-8-10-19(29-4)11-9-18)26-22(27)13-12-20(25-26)17-7-6-15(2)16(3)14-17/h6-14,21H,5H2,1-4H3,(H,24,28)/t21-/m1/s1. The molecule has 0 aliphatic heterocycles.